The summed E-state index contributed by atoms with van der Waals surface area (Å²) in [5.41, 5.74) is 3.01. The number of hydrogen-bond acceptors (Lipinski definition) is 10. The fourth-order valence-corrected chi connectivity index (χ4v) is 5.97. The van der Waals surface area contributed by atoms with Crippen LogP contribution in [0, 0.1) is 0 Å². The fourth-order valence-electron chi connectivity index (χ4n) is 4.99. The molecule has 4 aromatic rings. The van der Waals surface area contributed by atoms with Crippen molar-refractivity contribution in [2.45, 2.75) is 52.7 Å². The molecule has 1 aliphatic rings. The number of nitrogens with one attached hydrogen (secondary N) is 3. The molecule has 250 valence electrons. The lowest BCUT2D eigenvalue weighted by Gasteiger charge is -2.19. The number of esters is 1. The van der Waals surface area contributed by atoms with E-state index in [1.54, 1.807) is 62.4 Å². The summed E-state index contributed by atoms with van der Waals surface area (Å²) in [7, 11) is 1.23. The van der Waals surface area contributed by atoms with E-state index in [0.717, 1.165) is 22.4 Å². The highest BCUT2D eigenvalue weighted by atomic mass is 32.1. The van der Waals surface area contributed by atoms with Crippen molar-refractivity contribution in [3.8, 4) is 27.3 Å². The molecule has 0 atom stereocenters. The van der Waals surface area contributed by atoms with Crippen LogP contribution in [0.4, 0.5) is 10.5 Å². The highest BCUT2D eigenvalue weighted by molar-refractivity contribution is 7.13. The van der Waals surface area contributed by atoms with Crippen molar-refractivity contribution in [1.29, 1.82) is 0 Å². The molecular formula is C35H37N5O7S. The summed E-state index contributed by atoms with van der Waals surface area (Å²) in [5.74, 6) is -1.12. The molecule has 0 saturated carbocycles. The molecule has 0 radical (unpaired) electrons. The van der Waals surface area contributed by atoms with E-state index in [-0.39, 0.29) is 23.5 Å². The van der Waals surface area contributed by atoms with Gasteiger partial charge >= 0.3 is 12.1 Å². The molecule has 0 aliphatic carbocycles. The number of methoxy groups -OCH3 is 1. The van der Waals surface area contributed by atoms with Gasteiger partial charge in [-0.15, -0.1) is 11.3 Å². The summed E-state index contributed by atoms with van der Waals surface area (Å²) in [6, 6.07) is 12.0. The van der Waals surface area contributed by atoms with Crippen LogP contribution in [0.15, 0.2) is 54.0 Å². The number of pyridine rings is 2. The van der Waals surface area contributed by atoms with Crippen molar-refractivity contribution in [2.24, 2.45) is 0 Å². The number of alkyl carbamates (subject to hydrolysis) is 1. The first-order chi connectivity index (χ1) is 23.0. The first kappa shape index (κ1) is 34.0. The highest BCUT2D eigenvalue weighted by Gasteiger charge is 2.27. The van der Waals surface area contributed by atoms with Crippen LogP contribution in [0.5, 0.6) is 5.75 Å². The molecule has 0 unspecified atom stereocenters. The van der Waals surface area contributed by atoms with Crippen molar-refractivity contribution >= 4 is 40.9 Å². The van der Waals surface area contributed by atoms with Gasteiger partial charge in [-0.05, 0) is 80.6 Å². The van der Waals surface area contributed by atoms with Crippen molar-refractivity contribution in [3.63, 3.8) is 0 Å². The lowest BCUT2D eigenvalue weighted by Crippen LogP contribution is -2.32. The van der Waals surface area contributed by atoms with Gasteiger partial charge in [0.2, 0.25) is 0 Å². The van der Waals surface area contributed by atoms with E-state index in [4.69, 9.17) is 14.2 Å². The number of carbonyl (C=O) groups excluding carboxylic acids is 4. The number of fused-ring (bicyclic) bond motifs is 3. The van der Waals surface area contributed by atoms with Gasteiger partial charge in [0, 0.05) is 40.1 Å². The Bertz CT molecular complexity index is 1850. The van der Waals surface area contributed by atoms with Gasteiger partial charge in [0.25, 0.3) is 11.8 Å². The molecule has 0 bridgehead atoms. The molecule has 3 amide bonds. The molecular weight excluding hydrogens is 634 g/mol. The van der Waals surface area contributed by atoms with Crippen molar-refractivity contribution < 1.29 is 33.4 Å². The molecule has 3 N–H and O–H groups in total. The van der Waals surface area contributed by atoms with E-state index in [1.807, 2.05) is 18.4 Å². The number of hydrogen-bond donors (Lipinski definition) is 3. The smallest absolute Gasteiger partial charge is 0.407 e. The number of aromatic nitrogens is 2. The van der Waals surface area contributed by atoms with Gasteiger partial charge in [-0.25, -0.2) is 14.6 Å². The summed E-state index contributed by atoms with van der Waals surface area (Å²) in [5, 5.41) is 10.3. The van der Waals surface area contributed by atoms with Crippen molar-refractivity contribution in [1.82, 2.24) is 20.6 Å². The standard InChI is InChI=1S/C35H37N5O7S/c1-6-13-36-32(42)27-10-9-23(29(40-27)33(43)45-5)24-17-28-26(30-20(11-14-46-28)12-15-48-30)16-25(24)31(41)39-22-8-7-21(37-19-22)18-38-34(44)47-35(2,3)4/h7-10,12,15-17,19H,6,11,13-14,18H2,1-5H3,(H,36,42)(H,38,44)(H,39,41). The third kappa shape index (κ3) is 7.97. The van der Waals surface area contributed by atoms with E-state index in [1.165, 1.54) is 19.4 Å². The van der Waals surface area contributed by atoms with Crippen LogP contribution in [-0.4, -0.2) is 59.7 Å². The Labute approximate surface area is 282 Å². The minimum absolute atomic E-state index is 0.0418. The summed E-state index contributed by atoms with van der Waals surface area (Å²) in [6.07, 6.45) is 2.35. The van der Waals surface area contributed by atoms with Gasteiger partial charge in [-0.3, -0.25) is 14.6 Å². The number of amides is 3. The van der Waals surface area contributed by atoms with Crippen LogP contribution in [-0.2, 0) is 22.4 Å². The Hall–Kier alpha value is -5.30. The second-order valence-electron chi connectivity index (χ2n) is 12.0. The minimum atomic E-state index is -0.766. The molecule has 0 saturated heterocycles. The van der Waals surface area contributed by atoms with Gasteiger partial charge in [0.1, 0.15) is 17.0 Å². The maximum absolute atomic E-state index is 14.1. The summed E-state index contributed by atoms with van der Waals surface area (Å²) in [4.78, 5) is 61.6. The van der Waals surface area contributed by atoms with E-state index in [2.05, 4.69) is 25.9 Å². The van der Waals surface area contributed by atoms with Crippen LogP contribution in [0.1, 0.15) is 76.7 Å². The van der Waals surface area contributed by atoms with E-state index >= 15 is 0 Å². The second kappa shape index (κ2) is 14.6. The topological polar surface area (TPSA) is 158 Å². The Morgan fingerprint density at radius 3 is 2.50 bits per heavy atom. The maximum atomic E-state index is 14.1. The average Bonchev–Trinajstić information content (AvgIpc) is 3.46. The van der Waals surface area contributed by atoms with Gasteiger partial charge in [0.05, 0.1) is 37.8 Å². The number of benzene rings is 1. The SMILES string of the molecule is CCCNC(=O)c1ccc(-c2cc3c(cc2C(=O)Nc2ccc(CNC(=O)OC(C)(C)C)nc2)-c2sccc2CCO3)c(C(=O)OC)n1. The third-order valence-corrected chi connectivity index (χ3v) is 8.20. The zero-order valence-electron chi connectivity index (χ0n) is 27.4. The number of nitrogens with zero attached hydrogens (tertiary/aromatic N) is 2. The molecule has 0 fully saturated rings. The maximum Gasteiger partial charge on any atom is 0.407 e. The summed E-state index contributed by atoms with van der Waals surface area (Å²) >= 11 is 1.55. The normalized spacial score (nSPS) is 12.0. The lowest BCUT2D eigenvalue weighted by atomic mass is 9.93. The molecule has 5 rings (SSSR count). The van der Waals surface area contributed by atoms with E-state index < -0.39 is 29.5 Å². The highest BCUT2D eigenvalue weighted by Crippen LogP contribution is 2.43. The number of rotatable bonds is 9. The fraction of sp³-hybridized carbons (Fsp3) is 0.314. The van der Waals surface area contributed by atoms with Gasteiger partial charge in [0.15, 0.2) is 5.69 Å². The molecule has 4 heterocycles. The number of anilines is 1. The Kier molecular flexibility index (Phi) is 10.4. The summed E-state index contributed by atoms with van der Waals surface area (Å²) < 4.78 is 16.4. The van der Waals surface area contributed by atoms with Gasteiger partial charge < -0.3 is 30.2 Å². The zero-order chi connectivity index (χ0) is 34.4. The Morgan fingerprint density at radius 1 is 0.979 bits per heavy atom. The molecule has 48 heavy (non-hydrogen) atoms. The van der Waals surface area contributed by atoms with Crippen LogP contribution in [0.3, 0.4) is 0 Å². The zero-order valence-corrected chi connectivity index (χ0v) is 28.2. The van der Waals surface area contributed by atoms with Gasteiger partial charge in [-0.1, -0.05) is 6.92 Å². The quantitative estimate of drug-likeness (QED) is 0.181. The molecule has 13 heteroatoms. The van der Waals surface area contributed by atoms with Crippen molar-refractivity contribution in [3.05, 3.63) is 82.3 Å². The second-order valence-corrected chi connectivity index (χ2v) is 12.9. The molecule has 1 aromatic carbocycles. The van der Waals surface area contributed by atoms with E-state index in [0.29, 0.717) is 47.8 Å². The predicted molar refractivity (Wildman–Crippen MR) is 181 cm³/mol. The number of carbonyl (C=O) groups is 4. The Morgan fingerprint density at radius 2 is 1.79 bits per heavy atom. The largest absolute Gasteiger partial charge is 0.493 e. The first-order valence-electron chi connectivity index (χ1n) is 15.5. The number of ether oxygens (including phenoxy) is 3. The van der Waals surface area contributed by atoms with Crippen LogP contribution in [0.25, 0.3) is 21.6 Å². The van der Waals surface area contributed by atoms with Crippen LogP contribution < -0.4 is 20.7 Å². The molecule has 3 aromatic heterocycles. The van der Waals surface area contributed by atoms with E-state index in [9.17, 15) is 19.2 Å². The first-order valence-corrected chi connectivity index (χ1v) is 16.3. The monoisotopic (exact) mass is 671 g/mol. The average molecular weight is 672 g/mol. The molecule has 1 aliphatic heterocycles. The summed E-state index contributed by atoms with van der Waals surface area (Å²) in [6.45, 7) is 8.27. The predicted octanol–water partition coefficient (Wildman–Crippen LogP) is 6.01. The third-order valence-electron chi connectivity index (χ3n) is 7.21. The molecule has 12 nitrogen and oxygen atoms in total. The number of thiophene rings is 1. The van der Waals surface area contributed by atoms with Gasteiger partial charge in [-0.2, -0.15) is 0 Å². The van der Waals surface area contributed by atoms with Crippen molar-refractivity contribution in [2.75, 3.05) is 25.6 Å². The van der Waals surface area contributed by atoms with Crippen LogP contribution in [0.2, 0.25) is 0 Å². The van der Waals surface area contributed by atoms with Crippen LogP contribution >= 0.6 is 11.3 Å². The molecule has 0 spiro atoms. The minimum Gasteiger partial charge on any atom is -0.493 e. The lowest BCUT2D eigenvalue weighted by molar-refractivity contribution is 0.0521. The Balaban J connectivity index is 1.51.